The van der Waals surface area contributed by atoms with Crippen LogP contribution in [-0.4, -0.2) is 78.2 Å². The third kappa shape index (κ3) is 2.65. The maximum atomic E-state index is 10.0. The second-order valence-corrected chi connectivity index (χ2v) is 5.70. The molecule has 4 atom stereocenters. The van der Waals surface area contributed by atoms with Crippen LogP contribution in [0.1, 0.15) is 0 Å². The van der Waals surface area contributed by atoms with Crippen molar-refractivity contribution in [1.29, 1.82) is 0 Å². The van der Waals surface area contributed by atoms with Crippen LogP contribution in [0.2, 0.25) is 0 Å². The predicted molar refractivity (Wildman–Crippen MR) is 62.9 cm³/mol. The van der Waals surface area contributed by atoms with Crippen molar-refractivity contribution in [3.63, 3.8) is 0 Å². The number of aliphatic hydroxyl groups is 5. The third-order valence-electron chi connectivity index (χ3n) is 2.41. The summed E-state index contributed by atoms with van der Waals surface area (Å²) >= 11 is 5.77. The van der Waals surface area contributed by atoms with Crippen molar-refractivity contribution in [3.8, 4) is 0 Å². The summed E-state index contributed by atoms with van der Waals surface area (Å²) < 4.78 is 0.396. The molecule has 0 spiro atoms. The molecule has 16 heavy (non-hydrogen) atoms. The Morgan fingerprint density at radius 3 is 2.44 bits per heavy atom. The molecule has 1 fully saturated rings. The van der Waals surface area contributed by atoms with Crippen molar-refractivity contribution < 1.29 is 25.5 Å². The number of likely N-dealkylation sites (N-methyl/N-ethyl adjacent to an activating group) is 1. The molecule has 1 heterocycles. The molecule has 1 aliphatic rings. The van der Waals surface area contributed by atoms with Gasteiger partial charge in [0.25, 0.3) is 0 Å². The first-order valence-corrected chi connectivity index (χ1v) is 5.86. The molecule has 0 aromatic rings. The van der Waals surface area contributed by atoms with E-state index >= 15 is 0 Å². The zero-order valence-electron chi connectivity index (χ0n) is 8.65. The molecule has 0 amide bonds. The molecule has 0 radical (unpaired) electrons. The zero-order valence-corrected chi connectivity index (χ0v) is 10.3. The van der Waals surface area contributed by atoms with Gasteiger partial charge in [-0.3, -0.25) is 0 Å². The van der Waals surface area contributed by atoms with Crippen molar-refractivity contribution in [2.45, 2.75) is 23.2 Å². The van der Waals surface area contributed by atoms with Crippen molar-refractivity contribution in [1.82, 2.24) is 4.90 Å². The van der Waals surface area contributed by atoms with Crippen molar-refractivity contribution in [3.05, 3.63) is 0 Å². The molecule has 6 nitrogen and oxygen atoms in total. The number of nitrogens with zero attached hydrogens (tertiary/aromatic N) is 1. The average Bonchev–Trinajstić information content (AvgIpc) is 2.50. The van der Waals surface area contributed by atoms with Crippen LogP contribution < -0.4 is 0 Å². The summed E-state index contributed by atoms with van der Waals surface area (Å²) in [4.78, 5) is -0.108. The molecule has 0 aromatic carbocycles. The van der Waals surface area contributed by atoms with Crippen molar-refractivity contribution >= 4 is 28.3 Å². The maximum absolute atomic E-state index is 10.0. The summed E-state index contributed by atoms with van der Waals surface area (Å²) in [7, 11) is 1.65. The van der Waals surface area contributed by atoms with E-state index in [9.17, 15) is 20.4 Å². The van der Waals surface area contributed by atoms with Gasteiger partial charge in [-0.25, -0.2) is 0 Å². The minimum Gasteiger partial charge on any atom is -0.394 e. The van der Waals surface area contributed by atoms with Crippen LogP contribution in [0.15, 0.2) is 0 Å². The Hall–Kier alpha value is 0.0400. The van der Waals surface area contributed by atoms with E-state index in [2.05, 4.69) is 0 Å². The van der Waals surface area contributed by atoms with E-state index in [0.29, 0.717) is 4.32 Å². The van der Waals surface area contributed by atoms with Crippen LogP contribution in [0.25, 0.3) is 0 Å². The largest absolute Gasteiger partial charge is 0.394 e. The highest BCUT2D eigenvalue weighted by Gasteiger charge is 2.49. The number of hydrogen-bond donors (Lipinski definition) is 5. The number of thiocarbonyl (C=S) groups is 1. The quantitative estimate of drug-likeness (QED) is 0.363. The van der Waals surface area contributed by atoms with E-state index in [1.165, 1.54) is 0 Å². The van der Waals surface area contributed by atoms with Crippen LogP contribution in [0.3, 0.4) is 0 Å². The molecule has 0 aromatic heterocycles. The van der Waals surface area contributed by atoms with Crippen molar-refractivity contribution in [2.24, 2.45) is 0 Å². The average molecular weight is 269 g/mol. The summed E-state index contributed by atoms with van der Waals surface area (Å²) in [5.41, 5.74) is 0. The first-order chi connectivity index (χ1) is 7.31. The molecule has 1 saturated heterocycles. The molecule has 5 N–H and O–H groups in total. The summed E-state index contributed by atoms with van der Waals surface area (Å²) in [6.45, 7) is -0.647. The molecule has 1 rings (SSSR count). The van der Waals surface area contributed by atoms with Crippen LogP contribution in [-0.2, 0) is 0 Å². The van der Waals surface area contributed by atoms with E-state index in [-0.39, 0.29) is 6.54 Å². The van der Waals surface area contributed by atoms with Crippen LogP contribution in [0, 0.1) is 0 Å². The highest BCUT2D eigenvalue weighted by molar-refractivity contribution is 8.24. The van der Waals surface area contributed by atoms with Gasteiger partial charge in [0.1, 0.15) is 22.6 Å². The Balaban J connectivity index is 2.73. The SMILES string of the molecule is CN1C[C@@](O)([C@@H](O)[C@H](O)[C@H](O)CO)SC1=S. The van der Waals surface area contributed by atoms with Gasteiger partial charge in [0.05, 0.1) is 13.2 Å². The van der Waals surface area contributed by atoms with Gasteiger partial charge in [-0.1, -0.05) is 24.0 Å². The zero-order chi connectivity index (χ0) is 12.5. The molecule has 94 valence electrons. The number of hydrogen-bond acceptors (Lipinski definition) is 7. The van der Waals surface area contributed by atoms with Gasteiger partial charge in [-0.2, -0.15) is 0 Å². The molecular formula is C8H15NO5S2. The van der Waals surface area contributed by atoms with E-state index in [0.717, 1.165) is 11.8 Å². The minimum atomic E-state index is -1.67. The second kappa shape index (κ2) is 5.13. The smallest absolute Gasteiger partial charge is 0.162 e. The molecule has 0 unspecified atom stereocenters. The lowest BCUT2D eigenvalue weighted by atomic mass is 10.0. The van der Waals surface area contributed by atoms with E-state index in [1.54, 1.807) is 11.9 Å². The van der Waals surface area contributed by atoms with Gasteiger partial charge in [-0.15, -0.1) is 0 Å². The van der Waals surface area contributed by atoms with Crippen LogP contribution in [0.5, 0.6) is 0 Å². The van der Waals surface area contributed by atoms with Gasteiger partial charge in [0.2, 0.25) is 0 Å². The summed E-state index contributed by atoms with van der Waals surface area (Å²) in [5, 5.41) is 47.1. The Morgan fingerprint density at radius 1 is 1.50 bits per heavy atom. The lowest BCUT2D eigenvalue weighted by Gasteiger charge is -2.31. The number of aliphatic hydroxyl groups excluding tert-OH is 4. The van der Waals surface area contributed by atoms with Gasteiger partial charge in [-0.05, 0) is 0 Å². The summed E-state index contributed by atoms with van der Waals surface area (Å²) in [6, 6.07) is 0. The lowest BCUT2D eigenvalue weighted by Crippen LogP contribution is -2.53. The Bertz CT molecular complexity index is 279. The Labute approximate surface area is 103 Å². The van der Waals surface area contributed by atoms with Crippen LogP contribution in [0.4, 0.5) is 0 Å². The standard InChI is InChI=1S/C8H15NO5S2/c1-9-3-8(14,16-7(9)15)6(13)5(12)4(11)2-10/h4-6,10-14H,2-3H2,1H3/t4-,5-,6+,8+/m1/s1. The molecule has 0 bridgehead atoms. The van der Waals surface area contributed by atoms with Crippen LogP contribution >= 0.6 is 24.0 Å². The van der Waals surface area contributed by atoms with E-state index < -0.39 is 29.9 Å². The Morgan fingerprint density at radius 2 is 2.06 bits per heavy atom. The fourth-order valence-electron chi connectivity index (χ4n) is 1.40. The first-order valence-electron chi connectivity index (χ1n) is 4.63. The third-order valence-corrected chi connectivity index (χ3v) is 4.18. The topological polar surface area (TPSA) is 104 Å². The maximum Gasteiger partial charge on any atom is 0.162 e. The molecular weight excluding hydrogens is 254 g/mol. The number of β-amino-alcohol motifs (C(OH)–C–C–N with tert-alkyl or cyclic N) is 1. The lowest BCUT2D eigenvalue weighted by molar-refractivity contribution is -0.125. The fraction of sp³-hybridized carbons (Fsp3) is 0.875. The van der Waals surface area contributed by atoms with E-state index in [4.69, 9.17) is 17.3 Å². The number of thioether (sulfide) groups is 1. The van der Waals surface area contributed by atoms with Gasteiger partial charge in [0, 0.05) is 7.05 Å². The predicted octanol–water partition coefficient (Wildman–Crippen LogP) is -2.29. The van der Waals surface area contributed by atoms with Gasteiger partial charge < -0.3 is 30.4 Å². The molecule has 0 aliphatic carbocycles. The highest BCUT2D eigenvalue weighted by Crippen LogP contribution is 2.37. The molecule has 1 aliphatic heterocycles. The second-order valence-electron chi connectivity index (χ2n) is 3.75. The molecule has 0 saturated carbocycles. The minimum absolute atomic E-state index is 0.0485. The first kappa shape index (κ1) is 14.1. The number of rotatable bonds is 4. The van der Waals surface area contributed by atoms with Gasteiger partial charge in [0.15, 0.2) is 4.93 Å². The fourth-order valence-corrected chi connectivity index (χ4v) is 2.94. The summed E-state index contributed by atoms with van der Waals surface area (Å²) in [6.07, 6.45) is -4.72. The normalized spacial score (nSPS) is 31.6. The van der Waals surface area contributed by atoms with E-state index in [1.807, 2.05) is 0 Å². The molecule has 8 heteroatoms. The van der Waals surface area contributed by atoms with Crippen molar-refractivity contribution in [2.75, 3.05) is 20.2 Å². The summed E-state index contributed by atoms with van der Waals surface area (Å²) in [5.74, 6) is 0. The Kier molecular flexibility index (Phi) is 4.52. The highest BCUT2D eigenvalue weighted by atomic mass is 32.2. The van der Waals surface area contributed by atoms with Gasteiger partial charge >= 0.3 is 0 Å². The monoisotopic (exact) mass is 269 g/mol.